The summed E-state index contributed by atoms with van der Waals surface area (Å²) in [6.45, 7) is 0.104. The van der Waals surface area contributed by atoms with Gasteiger partial charge in [0.2, 0.25) is 0 Å². The normalized spacial score (nSPS) is 15.5. The van der Waals surface area contributed by atoms with Gasteiger partial charge in [0.05, 0.1) is 25.9 Å². The number of rotatable bonds is 5. The summed E-state index contributed by atoms with van der Waals surface area (Å²) in [5, 5.41) is 51.4. The summed E-state index contributed by atoms with van der Waals surface area (Å²) >= 11 is 0. The molecule has 0 saturated heterocycles. The average Bonchev–Trinajstić information content (AvgIpc) is 2.71. The number of benzene rings is 1. The molecule has 0 unspecified atom stereocenters. The van der Waals surface area contributed by atoms with Crippen molar-refractivity contribution in [2.75, 3.05) is 20.3 Å². The molecular formula is C17H28FKNNaO12S. The first-order valence-corrected chi connectivity index (χ1v) is 9.85. The van der Waals surface area contributed by atoms with E-state index in [1.54, 1.807) is 4.72 Å². The molecule has 1 aliphatic rings. The second-order valence-corrected chi connectivity index (χ2v) is 7.07. The molecule has 0 spiro atoms. The summed E-state index contributed by atoms with van der Waals surface area (Å²) in [4.78, 5) is 21.3. The van der Waals surface area contributed by atoms with E-state index in [4.69, 9.17) is 30.6 Å². The summed E-state index contributed by atoms with van der Waals surface area (Å²) in [6, 6.07) is 5.88. The van der Waals surface area contributed by atoms with Crippen molar-refractivity contribution in [3.8, 4) is 5.75 Å². The first kappa shape index (κ1) is 41.0. The zero-order valence-electron chi connectivity index (χ0n) is 17.0. The van der Waals surface area contributed by atoms with Gasteiger partial charge in [-0.1, -0.05) is 0 Å². The van der Waals surface area contributed by atoms with Crippen LogP contribution in [0.5, 0.6) is 5.75 Å². The van der Waals surface area contributed by atoms with Crippen LogP contribution in [-0.4, -0.2) is 171 Å². The van der Waals surface area contributed by atoms with Crippen LogP contribution in [-0.2, 0) is 24.0 Å². The zero-order valence-corrected chi connectivity index (χ0v) is 17.8. The number of hydrogen-bond acceptors (Lipinski definition) is 12. The van der Waals surface area contributed by atoms with Crippen molar-refractivity contribution in [1.29, 1.82) is 0 Å². The number of ether oxygens (including phenoxy) is 1. The maximum absolute atomic E-state index is 10.8. The van der Waals surface area contributed by atoms with Crippen LogP contribution in [0.15, 0.2) is 36.1 Å². The summed E-state index contributed by atoms with van der Waals surface area (Å²) < 4.78 is 31.3. The summed E-state index contributed by atoms with van der Waals surface area (Å²) in [7, 11) is -2.53. The molecule has 0 aliphatic carbocycles. The van der Waals surface area contributed by atoms with Crippen molar-refractivity contribution in [3.05, 3.63) is 41.7 Å². The van der Waals surface area contributed by atoms with Crippen molar-refractivity contribution in [3.63, 3.8) is 0 Å². The molecule has 34 heavy (non-hydrogen) atoms. The number of esters is 1. The number of halogens is 1. The molecule has 0 bridgehead atoms. The predicted molar refractivity (Wildman–Crippen MR) is 120 cm³/mol. The second kappa shape index (κ2) is 21.0. The number of amides is 1. The van der Waals surface area contributed by atoms with Crippen molar-refractivity contribution >= 4 is 103 Å². The Bertz CT molecular complexity index is 847. The van der Waals surface area contributed by atoms with Gasteiger partial charge < -0.3 is 39.6 Å². The Balaban J connectivity index is -0.000000190. The average molecular weight is 552 g/mol. The molecule has 0 radical (unpaired) electrons. The number of methoxy groups -OCH3 is 1. The van der Waals surface area contributed by atoms with Gasteiger partial charge in [-0.2, -0.15) is 8.42 Å². The molecule has 0 saturated carbocycles. The molecule has 7 N–H and O–H groups in total. The van der Waals surface area contributed by atoms with Crippen LogP contribution in [0.2, 0.25) is 0 Å². The van der Waals surface area contributed by atoms with Crippen LogP contribution in [0.3, 0.4) is 0 Å². The van der Waals surface area contributed by atoms with Crippen LogP contribution < -0.4 is 4.72 Å². The Labute approximate surface area is 260 Å². The molecule has 13 nitrogen and oxygen atoms in total. The van der Waals surface area contributed by atoms with Crippen LogP contribution >= 0.6 is 0 Å². The summed E-state index contributed by atoms with van der Waals surface area (Å²) in [5.74, 6) is -0.866. The standard InChI is InChI=1S/C8H8O3.C5H12O5.C4H5NO4S.FH.K.Na.2H/c1-11-8(10)6-2-4-7(9)5-3-6;6-1-3(8)5(10)4(9)2-7;1-3-2-4(6)5-10(7,8)9-3;;;;;/h2-5,9H,1H3;3-10H,1-2H2;2H,1H3,(H,5,6);1H;;;;/t;3-,4+,5+;;;;;;. The van der Waals surface area contributed by atoms with E-state index in [1.165, 1.54) is 38.3 Å². The Kier molecular flexibility index (Phi) is 25.2. The Hall–Kier alpha value is -0.184. The van der Waals surface area contributed by atoms with Crippen LogP contribution in [0.4, 0.5) is 4.70 Å². The third kappa shape index (κ3) is 17.3. The number of aliphatic hydroxyl groups is 5. The maximum atomic E-state index is 10.8. The molecule has 3 atom stereocenters. The number of phenols is 1. The molecule has 1 heterocycles. The molecule has 17 heteroatoms. The van der Waals surface area contributed by atoms with Gasteiger partial charge >= 0.3 is 97.2 Å². The molecule has 188 valence electrons. The second-order valence-electron chi connectivity index (χ2n) is 5.79. The van der Waals surface area contributed by atoms with Gasteiger partial charge in [0.15, 0.2) is 0 Å². The number of aromatic hydroxyl groups is 1. The minimum atomic E-state index is -3.85. The molecule has 0 fully saturated rings. The fraction of sp³-hybridized carbons (Fsp3) is 0.412. The topological polar surface area (TPSA) is 220 Å². The van der Waals surface area contributed by atoms with E-state index < -0.39 is 53.7 Å². The van der Waals surface area contributed by atoms with Crippen LogP contribution in [0.25, 0.3) is 0 Å². The SMILES string of the molecule is CC1=CC(=O)NS(=O)(=O)O1.COC(=O)c1ccc(O)cc1.F.OC[C@@H](O)[C@H](O)[C@@H](O)CO.[KH].[NaH]. The number of allylic oxidation sites excluding steroid dienone is 1. The fourth-order valence-corrected chi connectivity index (χ4v) is 2.48. The van der Waals surface area contributed by atoms with Crippen LogP contribution in [0, 0.1) is 0 Å². The third-order valence-electron chi connectivity index (χ3n) is 3.25. The van der Waals surface area contributed by atoms with Gasteiger partial charge in [-0.3, -0.25) is 9.50 Å². The van der Waals surface area contributed by atoms with Crippen molar-refractivity contribution < 1.29 is 62.3 Å². The minimum absolute atomic E-state index is 0. The predicted octanol–water partition coefficient (Wildman–Crippen LogP) is -3.63. The van der Waals surface area contributed by atoms with E-state index in [1.807, 2.05) is 0 Å². The van der Waals surface area contributed by atoms with Crippen molar-refractivity contribution in [1.82, 2.24) is 4.72 Å². The number of phenolic OH excluding ortho intramolecular Hbond substituents is 1. The van der Waals surface area contributed by atoms with E-state index in [-0.39, 0.29) is 97.2 Å². The van der Waals surface area contributed by atoms with Gasteiger partial charge in [-0.05, 0) is 31.2 Å². The van der Waals surface area contributed by atoms with Crippen LogP contribution in [0.1, 0.15) is 17.3 Å². The summed E-state index contributed by atoms with van der Waals surface area (Å²) in [6.07, 6.45) is -3.24. The molecule has 1 aliphatic heterocycles. The molecule has 2 rings (SSSR count). The van der Waals surface area contributed by atoms with Gasteiger partial charge in [-0.15, -0.1) is 0 Å². The summed E-state index contributed by atoms with van der Waals surface area (Å²) in [5.41, 5.74) is 0.435. The monoisotopic (exact) mass is 551 g/mol. The van der Waals surface area contributed by atoms with Gasteiger partial charge in [0.1, 0.15) is 29.8 Å². The Morgan fingerprint density at radius 2 is 1.53 bits per heavy atom. The zero-order chi connectivity index (χ0) is 24.2. The van der Waals surface area contributed by atoms with E-state index in [2.05, 4.69) is 8.92 Å². The molecule has 0 aromatic heterocycles. The quantitative estimate of drug-likeness (QED) is 0.139. The van der Waals surface area contributed by atoms with Crippen molar-refractivity contribution in [2.24, 2.45) is 0 Å². The fourth-order valence-electron chi connectivity index (χ4n) is 1.74. The molecule has 1 aromatic carbocycles. The first-order chi connectivity index (χ1) is 14.4. The molecule has 1 aromatic rings. The van der Waals surface area contributed by atoms with E-state index in [9.17, 15) is 18.0 Å². The Morgan fingerprint density at radius 1 is 1.09 bits per heavy atom. The number of carbonyl (C=O) groups excluding carboxylic acids is 2. The molecular weight excluding hydrogens is 523 g/mol. The third-order valence-corrected chi connectivity index (χ3v) is 4.19. The van der Waals surface area contributed by atoms with Crippen molar-refractivity contribution in [2.45, 2.75) is 25.2 Å². The number of nitrogens with one attached hydrogen (secondary N) is 1. The molecule has 1 amide bonds. The van der Waals surface area contributed by atoms with E-state index >= 15 is 0 Å². The van der Waals surface area contributed by atoms with Gasteiger partial charge in [0, 0.05) is 6.08 Å². The van der Waals surface area contributed by atoms with E-state index in [0.29, 0.717) is 5.56 Å². The number of aliphatic hydroxyl groups excluding tert-OH is 5. The van der Waals surface area contributed by atoms with Gasteiger partial charge in [-0.25, -0.2) is 9.52 Å². The number of hydrogen-bond donors (Lipinski definition) is 7. The first-order valence-electron chi connectivity index (χ1n) is 8.44. The van der Waals surface area contributed by atoms with E-state index in [0.717, 1.165) is 6.08 Å². The van der Waals surface area contributed by atoms with Gasteiger partial charge in [0.25, 0.3) is 5.91 Å². The number of carbonyl (C=O) groups is 2. The Morgan fingerprint density at radius 3 is 1.85 bits per heavy atom.